The highest BCUT2D eigenvalue weighted by Gasteiger charge is 2.40. The summed E-state index contributed by atoms with van der Waals surface area (Å²) in [5.74, 6) is -3.39. The van der Waals surface area contributed by atoms with E-state index < -0.39 is 53.2 Å². The van der Waals surface area contributed by atoms with E-state index >= 15 is 0 Å². The Morgan fingerprint density at radius 1 is 0.842 bits per heavy atom. The van der Waals surface area contributed by atoms with E-state index in [1.54, 1.807) is 13.0 Å². The van der Waals surface area contributed by atoms with Crippen LogP contribution in [-0.4, -0.2) is 15.0 Å². The van der Waals surface area contributed by atoms with Crippen LogP contribution < -0.4 is 5.73 Å². The molecule has 3 aromatic heterocycles. The minimum absolute atomic E-state index is 0.0104. The summed E-state index contributed by atoms with van der Waals surface area (Å²) in [4.78, 5) is 11.8. The van der Waals surface area contributed by atoms with Gasteiger partial charge in [-0.05, 0) is 48.1 Å². The summed E-state index contributed by atoms with van der Waals surface area (Å²) in [6.45, 7) is 6.60. The number of nitrogens with zero attached hydrogens (tertiary/aromatic N) is 3. The number of alkyl halides is 6. The normalized spacial score (nSPS) is 14.1. The molecule has 3 aromatic rings. The quantitative estimate of drug-likeness (QED) is 0.295. The Bertz CT molecular complexity index is 1310. The van der Waals surface area contributed by atoms with E-state index in [1.165, 1.54) is 13.1 Å². The summed E-state index contributed by atoms with van der Waals surface area (Å²) in [6, 6.07) is 2.90. The van der Waals surface area contributed by atoms with Crippen molar-refractivity contribution >= 4 is 17.4 Å². The van der Waals surface area contributed by atoms with Crippen LogP contribution in [0.4, 0.5) is 36.6 Å². The molecule has 3 heterocycles. The Labute approximate surface area is 220 Å². The van der Waals surface area contributed by atoms with E-state index in [-0.39, 0.29) is 35.5 Å². The molecule has 0 saturated carbocycles. The standard InChI is InChI=1S/C26H26ClF7N4/c1-12(2)22-21(27)15(5-6-36-22)7-14(4)24-20(26(32,33)34)16(9-19(35)38-24)8-13(3)23-18(25(29,30)31)10-17(28)11-37-23/h5-6,9-14H,7-8H2,1-4H3,(H2,35,38). The predicted molar refractivity (Wildman–Crippen MR) is 130 cm³/mol. The molecule has 2 N–H and O–H groups in total. The largest absolute Gasteiger partial charge is 0.418 e. The van der Waals surface area contributed by atoms with Gasteiger partial charge in [0.1, 0.15) is 11.6 Å². The lowest BCUT2D eigenvalue weighted by molar-refractivity contribution is -0.140. The Kier molecular flexibility index (Phi) is 8.60. The number of aromatic nitrogens is 3. The molecule has 0 radical (unpaired) electrons. The van der Waals surface area contributed by atoms with Crippen molar-refractivity contribution in [1.82, 2.24) is 15.0 Å². The fraction of sp³-hybridized carbons (Fsp3) is 0.423. The van der Waals surface area contributed by atoms with Gasteiger partial charge < -0.3 is 5.73 Å². The van der Waals surface area contributed by atoms with Crippen LogP contribution in [0, 0.1) is 5.82 Å². The molecule has 0 spiro atoms. The molecule has 2 atom stereocenters. The fourth-order valence-electron chi connectivity index (χ4n) is 4.47. The third kappa shape index (κ3) is 6.54. The average molecular weight is 563 g/mol. The van der Waals surface area contributed by atoms with E-state index in [1.807, 2.05) is 13.8 Å². The smallest absolute Gasteiger partial charge is 0.384 e. The molecule has 4 nitrogen and oxygen atoms in total. The van der Waals surface area contributed by atoms with Crippen molar-refractivity contribution in [3.8, 4) is 0 Å². The molecule has 0 aliphatic rings. The summed E-state index contributed by atoms with van der Waals surface area (Å²) >= 11 is 6.47. The van der Waals surface area contributed by atoms with Crippen molar-refractivity contribution in [3.05, 3.63) is 80.8 Å². The van der Waals surface area contributed by atoms with Crippen LogP contribution in [-0.2, 0) is 25.2 Å². The second kappa shape index (κ2) is 11.0. The molecule has 38 heavy (non-hydrogen) atoms. The van der Waals surface area contributed by atoms with Gasteiger partial charge in [0.15, 0.2) is 0 Å². The molecule has 2 unspecified atom stereocenters. The Balaban J connectivity index is 2.07. The zero-order chi connectivity index (χ0) is 28.6. The molecular weight excluding hydrogens is 537 g/mol. The highest BCUT2D eigenvalue weighted by Crippen LogP contribution is 2.42. The van der Waals surface area contributed by atoms with E-state index in [0.29, 0.717) is 22.5 Å². The summed E-state index contributed by atoms with van der Waals surface area (Å²) in [7, 11) is 0. The number of halogens is 8. The van der Waals surface area contributed by atoms with Gasteiger partial charge in [-0.2, -0.15) is 26.3 Å². The molecule has 0 saturated heterocycles. The van der Waals surface area contributed by atoms with Crippen LogP contribution in [0.5, 0.6) is 0 Å². The lowest BCUT2D eigenvalue weighted by atomic mass is 9.87. The third-order valence-corrected chi connectivity index (χ3v) is 6.59. The topological polar surface area (TPSA) is 64.7 Å². The number of nitrogen functional groups attached to an aromatic ring is 1. The van der Waals surface area contributed by atoms with Crippen molar-refractivity contribution in [2.45, 2.75) is 70.6 Å². The SMILES string of the molecule is CC(C)c1nccc(CC(C)c2nc(N)cc(CC(C)c3ncc(F)cc3C(F)(F)F)c2C(F)(F)F)c1Cl. The van der Waals surface area contributed by atoms with Gasteiger partial charge in [-0.25, -0.2) is 9.37 Å². The van der Waals surface area contributed by atoms with E-state index in [9.17, 15) is 30.7 Å². The van der Waals surface area contributed by atoms with Gasteiger partial charge >= 0.3 is 12.4 Å². The van der Waals surface area contributed by atoms with Crippen LogP contribution in [0.25, 0.3) is 0 Å². The van der Waals surface area contributed by atoms with Crippen molar-refractivity contribution in [2.75, 3.05) is 5.73 Å². The van der Waals surface area contributed by atoms with Crippen LogP contribution in [0.2, 0.25) is 5.02 Å². The van der Waals surface area contributed by atoms with Crippen molar-refractivity contribution < 1.29 is 30.7 Å². The predicted octanol–water partition coefficient (Wildman–Crippen LogP) is 8.10. The van der Waals surface area contributed by atoms with E-state index in [2.05, 4.69) is 15.0 Å². The summed E-state index contributed by atoms with van der Waals surface area (Å²) in [5.41, 5.74) is 3.39. The summed E-state index contributed by atoms with van der Waals surface area (Å²) in [5, 5.41) is 0.350. The maximum absolute atomic E-state index is 14.4. The van der Waals surface area contributed by atoms with Gasteiger partial charge in [0.2, 0.25) is 0 Å². The molecule has 0 fully saturated rings. The monoisotopic (exact) mass is 562 g/mol. The maximum atomic E-state index is 14.4. The number of anilines is 1. The third-order valence-electron chi connectivity index (χ3n) is 6.15. The second-order valence-electron chi connectivity index (χ2n) is 9.58. The van der Waals surface area contributed by atoms with Gasteiger partial charge in [-0.3, -0.25) is 9.97 Å². The minimum Gasteiger partial charge on any atom is -0.384 e. The highest BCUT2D eigenvalue weighted by molar-refractivity contribution is 6.32. The van der Waals surface area contributed by atoms with Gasteiger partial charge in [0.05, 0.1) is 39.4 Å². The molecule has 0 aliphatic heterocycles. The summed E-state index contributed by atoms with van der Waals surface area (Å²) < 4.78 is 97.3. The zero-order valence-electron chi connectivity index (χ0n) is 21.0. The lowest BCUT2D eigenvalue weighted by Gasteiger charge is -2.24. The van der Waals surface area contributed by atoms with Crippen molar-refractivity contribution in [3.63, 3.8) is 0 Å². The lowest BCUT2D eigenvalue weighted by Crippen LogP contribution is -2.20. The van der Waals surface area contributed by atoms with E-state index in [4.69, 9.17) is 17.3 Å². The van der Waals surface area contributed by atoms with Crippen LogP contribution in [0.15, 0.2) is 30.6 Å². The van der Waals surface area contributed by atoms with Crippen LogP contribution in [0.3, 0.4) is 0 Å². The van der Waals surface area contributed by atoms with Gasteiger partial charge in [0.25, 0.3) is 0 Å². The number of hydrogen-bond donors (Lipinski definition) is 1. The molecule has 0 aromatic carbocycles. The first-order chi connectivity index (χ1) is 17.5. The second-order valence-corrected chi connectivity index (χ2v) is 9.96. The Hall–Kier alpha value is -2.95. The Morgan fingerprint density at radius 3 is 2.03 bits per heavy atom. The first-order valence-corrected chi connectivity index (χ1v) is 12.1. The minimum atomic E-state index is -4.94. The zero-order valence-corrected chi connectivity index (χ0v) is 21.7. The number of pyridine rings is 3. The maximum Gasteiger partial charge on any atom is 0.418 e. The number of rotatable bonds is 7. The van der Waals surface area contributed by atoms with Gasteiger partial charge in [-0.1, -0.05) is 39.3 Å². The molecular formula is C26H26ClF7N4. The van der Waals surface area contributed by atoms with Gasteiger partial charge in [0, 0.05) is 18.0 Å². The fourth-order valence-corrected chi connectivity index (χ4v) is 4.88. The number of nitrogens with two attached hydrogens (primary N) is 1. The molecule has 3 rings (SSSR count). The Morgan fingerprint density at radius 2 is 1.45 bits per heavy atom. The average Bonchev–Trinajstić information content (AvgIpc) is 2.78. The first kappa shape index (κ1) is 29.6. The van der Waals surface area contributed by atoms with Crippen molar-refractivity contribution in [2.24, 2.45) is 0 Å². The molecule has 12 heteroatoms. The molecule has 0 amide bonds. The molecule has 206 valence electrons. The molecule has 0 bridgehead atoms. The molecule has 0 aliphatic carbocycles. The van der Waals surface area contributed by atoms with Crippen LogP contribution in [0.1, 0.15) is 84.8 Å². The summed E-state index contributed by atoms with van der Waals surface area (Å²) in [6.07, 6.45) is -8.09. The number of hydrogen-bond acceptors (Lipinski definition) is 4. The van der Waals surface area contributed by atoms with E-state index in [0.717, 1.165) is 6.07 Å². The van der Waals surface area contributed by atoms with Crippen LogP contribution >= 0.6 is 11.6 Å². The highest BCUT2D eigenvalue weighted by atomic mass is 35.5. The first-order valence-electron chi connectivity index (χ1n) is 11.7. The van der Waals surface area contributed by atoms with Crippen molar-refractivity contribution in [1.29, 1.82) is 0 Å². The van der Waals surface area contributed by atoms with Gasteiger partial charge in [-0.15, -0.1) is 0 Å².